The highest BCUT2D eigenvalue weighted by Crippen LogP contribution is 2.28. The Morgan fingerprint density at radius 3 is 2.84 bits per heavy atom. The van der Waals surface area contributed by atoms with Gasteiger partial charge < -0.3 is 9.64 Å². The number of hydrogen-bond donors (Lipinski definition) is 0. The maximum Gasteiger partial charge on any atom is 0.256 e. The third kappa shape index (κ3) is 2.87. The lowest BCUT2D eigenvalue weighted by atomic mass is 9.99. The van der Waals surface area contributed by atoms with E-state index in [2.05, 4.69) is 24.0 Å². The fourth-order valence-electron chi connectivity index (χ4n) is 3.70. The normalized spacial score (nSPS) is 21.0. The molecule has 3 aromatic rings. The van der Waals surface area contributed by atoms with Gasteiger partial charge in [0.05, 0.1) is 23.3 Å². The van der Waals surface area contributed by atoms with Crippen LogP contribution in [0.2, 0.25) is 0 Å². The Balaban J connectivity index is 1.83. The molecule has 4 heteroatoms. The summed E-state index contributed by atoms with van der Waals surface area (Å²) in [5, 5.41) is 3.22. The van der Waals surface area contributed by atoms with Crippen LogP contribution in [0.3, 0.4) is 0 Å². The minimum Gasteiger partial charge on any atom is -0.372 e. The molecule has 0 bridgehead atoms. The number of aromatic nitrogens is 1. The van der Waals surface area contributed by atoms with Gasteiger partial charge in [-0.3, -0.25) is 9.78 Å². The zero-order chi connectivity index (χ0) is 17.4. The topological polar surface area (TPSA) is 42.4 Å². The van der Waals surface area contributed by atoms with E-state index in [-0.39, 0.29) is 18.1 Å². The van der Waals surface area contributed by atoms with Crippen LogP contribution in [0, 0.1) is 0 Å². The number of fused-ring (bicyclic) bond motifs is 3. The minimum atomic E-state index is 0.0445. The van der Waals surface area contributed by atoms with Crippen molar-refractivity contribution in [1.29, 1.82) is 0 Å². The van der Waals surface area contributed by atoms with E-state index in [0.29, 0.717) is 18.7 Å². The van der Waals surface area contributed by atoms with Crippen LogP contribution in [0.25, 0.3) is 21.7 Å². The average Bonchev–Trinajstić information content (AvgIpc) is 2.66. The van der Waals surface area contributed by atoms with Crippen molar-refractivity contribution in [2.75, 3.05) is 13.1 Å². The summed E-state index contributed by atoms with van der Waals surface area (Å²) in [7, 11) is 0. The van der Waals surface area contributed by atoms with Crippen LogP contribution in [0.15, 0.2) is 48.7 Å². The minimum absolute atomic E-state index is 0.0445. The van der Waals surface area contributed by atoms with Crippen LogP contribution in [0.4, 0.5) is 0 Å². The molecule has 1 saturated heterocycles. The highest BCUT2D eigenvalue weighted by Gasteiger charge is 2.29. The van der Waals surface area contributed by atoms with Crippen molar-refractivity contribution in [3.05, 3.63) is 54.2 Å². The van der Waals surface area contributed by atoms with Crippen LogP contribution in [0.1, 0.15) is 30.6 Å². The number of rotatable bonds is 2. The quantitative estimate of drug-likeness (QED) is 0.665. The van der Waals surface area contributed by atoms with E-state index < -0.39 is 0 Å². The monoisotopic (exact) mass is 334 g/mol. The molecule has 0 aliphatic carbocycles. The molecule has 0 unspecified atom stereocenters. The van der Waals surface area contributed by atoms with Crippen LogP contribution < -0.4 is 0 Å². The number of benzene rings is 2. The molecular weight excluding hydrogens is 312 g/mol. The molecule has 1 amide bonds. The molecule has 4 nitrogen and oxygen atoms in total. The molecule has 0 saturated carbocycles. The Labute approximate surface area is 147 Å². The van der Waals surface area contributed by atoms with Crippen molar-refractivity contribution < 1.29 is 9.53 Å². The van der Waals surface area contributed by atoms with E-state index in [9.17, 15) is 4.79 Å². The van der Waals surface area contributed by atoms with Gasteiger partial charge in [-0.2, -0.15) is 0 Å². The van der Waals surface area contributed by atoms with Crippen molar-refractivity contribution in [2.24, 2.45) is 0 Å². The van der Waals surface area contributed by atoms with Crippen molar-refractivity contribution in [3.63, 3.8) is 0 Å². The van der Waals surface area contributed by atoms with Gasteiger partial charge in [0.1, 0.15) is 0 Å². The lowest BCUT2D eigenvalue weighted by molar-refractivity contribution is -0.0680. The van der Waals surface area contributed by atoms with Gasteiger partial charge >= 0.3 is 0 Å². The van der Waals surface area contributed by atoms with Crippen molar-refractivity contribution in [2.45, 2.75) is 32.5 Å². The molecule has 1 aliphatic rings. The first-order valence-electron chi connectivity index (χ1n) is 8.88. The first-order chi connectivity index (χ1) is 12.2. The Kier molecular flexibility index (Phi) is 4.14. The van der Waals surface area contributed by atoms with E-state index in [4.69, 9.17) is 4.74 Å². The number of nitrogens with zero attached hydrogens (tertiary/aromatic N) is 2. The number of carbonyl (C=O) groups excluding carboxylic acids is 1. The highest BCUT2D eigenvalue weighted by molar-refractivity contribution is 6.15. The van der Waals surface area contributed by atoms with Gasteiger partial charge in [-0.25, -0.2) is 0 Å². The fraction of sp³-hybridized carbons (Fsp3) is 0.333. The van der Waals surface area contributed by atoms with Crippen molar-refractivity contribution in [1.82, 2.24) is 9.88 Å². The van der Waals surface area contributed by atoms with E-state index in [1.54, 1.807) is 6.20 Å². The van der Waals surface area contributed by atoms with E-state index in [1.807, 2.05) is 42.2 Å². The molecular formula is C21H22N2O2. The van der Waals surface area contributed by atoms with E-state index in [0.717, 1.165) is 28.1 Å². The lowest BCUT2D eigenvalue weighted by Gasteiger charge is -2.36. The Morgan fingerprint density at radius 1 is 1.20 bits per heavy atom. The predicted octanol–water partition coefficient (Wildman–Crippen LogP) is 4.03. The molecule has 1 fully saturated rings. The SMILES string of the molecule is CC[C@@H]1CN(C(=O)c2cc3ccccc3c3cccnc23)C[C@H](C)O1. The van der Waals surface area contributed by atoms with E-state index in [1.165, 1.54) is 0 Å². The van der Waals surface area contributed by atoms with Crippen LogP contribution >= 0.6 is 0 Å². The number of pyridine rings is 1. The second-order valence-corrected chi connectivity index (χ2v) is 6.73. The fourth-order valence-corrected chi connectivity index (χ4v) is 3.70. The third-order valence-electron chi connectivity index (χ3n) is 4.91. The van der Waals surface area contributed by atoms with Gasteiger partial charge in [0.2, 0.25) is 0 Å². The number of ether oxygens (including phenoxy) is 1. The first kappa shape index (κ1) is 16.0. The summed E-state index contributed by atoms with van der Waals surface area (Å²) in [4.78, 5) is 19.7. The van der Waals surface area contributed by atoms with Crippen molar-refractivity contribution >= 4 is 27.6 Å². The molecule has 1 aliphatic heterocycles. The van der Waals surface area contributed by atoms with Gasteiger partial charge in [0.15, 0.2) is 0 Å². The number of carbonyl (C=O) groups is 1. The number of morpholine rings is 1. The molecule has 0 spiro atoms. The summed E-state index contributed by atoms with van der Waals surface area (Å²) in [6, 6.07) is 14.1. The summed E-state index contributed by atoms with van der Waals surface area (Å²) in [5.74, 6) is 0.0445. The summed E-state index contributed by atoms with van der Waals surface area (Å²) in [5.41, 5.74) is 1.46. The molecule has 0 radical (unpaired) electrons. The second-order valence-electron chi connectivity index (χ2n) is 6.73. The zero-order valence-corrected chi connectivity index (χ0v) is 14.6. The summed E-state index contributed by atoms with van der Waals surface area (Å²) in [6.07, 6.45) is 2.82. The molecule has 25 heavy (non-hydrogen) atoms. The third-order valence-corrected chi connectivity index (χ3v) is 4.91. The molecule has 128 valence electrons. The standard InChI is InChI=1S/C21H22N2O2/c1-3-16-13-23(12-14(2)25-16)21(24)19-11-15-7-4-5-8-17(15)18-9-6-10-22-20(18)19/h4-11,14,16H,3,12-13H2,1-2H3/t14-,16+/m0/s1. The smallest absolute Gasteiger partial charge is 0.256 e. The predicted molar refractivity (Wildman–Crippen MR) is 99.8 cm³/mol. The van der Waals surface area contributed by atoms with Gasteiger partial charge in [0.25, 0.3) is 5.91 Å². The Bertz CT molecular complexity index is 937. The molecule has 0 N–H and O–H groups in total. The second kappa shape index (κ2) is 6.45. The Morgan fingerprint density at radius 2 is 2.00 bits per heavy atom. The van der Waals surface area contributed by atoms with Crippen LogP contribution in [0.5, 0.6) is 0 Å². The van der Waals surface area contributed by atoms with Crippen molar-refractivity contribution in [3.8, 4) is 0 Å². The zero-order valence-electron chi connectivity index (χ0n) is 14.6. The number of hydrogen-bond acceptors (Lipinski definition) is 3. The first-order valence-corrected chi connectivity index (χ1v) is 8.88. The molecule has 2 aromatic carbocycles. The molecule has 2 heterocycles. The Hall–Kier alpha value is -2.46. The molecule has 4 rings (SSSR count). The number of amides is 1. The summed E-state index contributed by atoms with van der Waals surface area (Å²) >= 11 is 0. The largest absolute Gasteiger partial charge is 0.372 e. The van der Waals surface area contributed by atoms with Crippen LogP contribution in [-0.4, -0.2) is 41.1 Å². The van der Waals surface area contributed by atoms with Gasteiger partial charge in [-0.1, -0.05) is 37.3 Å². The van der Waals surface area contributed by atoms with Gasteiger partial charge in [0, 0.05) is 24.7 Å². The highest BCUT2D eigenvalue weighted by atomic mass is 16.5. The van der Waals surface area contributed by atoms with E-state index >= 15 is 0 Å². The lowest BCUT2D eigenvalue weighted by Crippen LogP contribution is -2.49. The summed E-state index contributed by atoms with van der Waals surface area (Å²) < 4.78 is 5.90. The van der Waals surface area contributed by atoms with Gasteiger partial charge in [-0.15, -0.1) is 0 Å². The molecule has 2 atom stereocenters. The maximum absolute atomic E-state index is 13.3. The summed E-state index contributed by atoms with van der Waals surface area (Å²) in [6.45, 7) is 5.38. The van der Waals surface area contributed by atoms with Gasteiger partial charge in [-0.05, 0) is 36.2 Å². The average molecular weight is 334 g/mol. The van der Waals surface area contributed by atoms with Crippen LogP contribution in [-0.2, 0) is 4.74 Å². The maximum atomic E-state index is 13.3. The molecule has 1 aromatic heterocycles.